The Balaban J connectivity index is 3.22. The molecule has 68 valence electrons. The highest BCUT2D eigenvalue weighted by Gasteiger charge is 2.07. The molecule has 0 unspecified atom stereocenters. The molecule has 13 heavy (non-hydrogen) atoms. The first-order valence-corrected chi connectivity index (χ1v) is 3.66. The van der Waals surface area contributed by atoms with E-state index in [4.69, 9.17) is 1.41 Å². The standard InChI is InChI=1S/C7H8N4O2/c1-10-3-8-5-4(10)6(12)11(2)7(13)9-5/h3H,1-2H3,(H,9,13)/i/hD. The third-order valence-electron chi connectivity index (χ3n) is 1.91. The second-order valence-electron chi connectivity index (χ2n) is 2.79. The smallest absolute Gasteiger partial charge is 0.328 e. The van der Waals surface area contributed by atoms with Crippen LogP contribution in [-0.4, -0.2) is 19.1 Å². The number of hydrogen-bond donors (Lipinski definition) is 1. The van der Waals surface area contributed by atoms with Crippen molar-refractivity contribution in [2.75, 3.05) is 0 Å². The molecule has 0 aromatic carbocycles. The topological polar surface area (TPSA) is 72.7 Å². The highest BCUT2D eigenvalue weighted by Crippen LogP contribution is 1.98. The summed E-state index contributed by atoms with van der Waals surface area (Å²) in [6.45, 7) is 0. The van der Waals surface area contributed by atoms with Crippen molar-refractivity contribution in [3.8, 4) is 0 Å². The number of fused-ring (bicyclic) bond motifs is 1. The normalized spacial score (nSPS) is 12.0. The summed E-state index contributed by atoms with van der Waals surface area (Å²) in [5, 5.41) is 0. The van der Waals surface area contributed by atoms with E-state index in [1.807, 2.05) is 0 Å². The van der Waals surface area contributed by atoms with E-state index in [2.05, 4.69) is 4.98 Å². The fourth-order valence-corrected chi connectivity index (χ4v) is 1.16. The van der Waals surface area contributed by atoms with E-state index in [9.17, 15) is 9.59 Å². The molecular formula is C7H8N4O2. The van der Waals surface area contributed by atoms with Gasteiger partial charge in [0, 0.05) is 14.1 Å². The van der Waals surface area contributed by atoms with E-state index >= 15 is 0 Å². The fourth-order valence-electron chi connectivity index (χ4n) is 1.16. The van der Waals surface area contributed by atoms with Crippen LogP contribution in [0.5, 0.6) is 0 Å². The minimum atomic E-state index is -0.693. The summed E-state index contributed by atoms with van der Waals surface area (Å²) in [4.78, 5) is 27.3. The number of nitrogens with zero attached hydrogens (tertiary/aromatic N) is 3. The molecule has 2 aromatic rings. The molecule has 0 amide bonds. The lowest BCUT2D eigenvalue weighted by atomic mass is 10.5. The summed E-state index contributed by atoms with van der Waals surface area (Å²) >= 11 is 0. The summed E-state index contributed by atoms with van der Waals surface area (Å²) in [5.41, 5.74) is -0.794. The van der Waals surface area contributed by atoms with Crippen LogP contribution in [0.4, 0.5) is 0 Å². The predicted octanol–water partition coefficient (Wildman–Crippen LogP) is -1.04. The minimum absolute atomic E-state index is 0.0839. The van der Waals surface area contributed by atoms with Crippen molar-refractivity contribution in [1.29, 1.82) is 0 Å². The zero-order valence-electron chi connectivity index (χ0n) is 8.18. The second kappa shape index (κ2) is 2.32. The van der Waals surface area contributed by atoms with Gasteiger partial charge in [-0.1, -0.05) is 0 Å². The van der Waals surface area contributed by atoms with Crippen molar-refractivity contribution < 1.29 is 1.41 Å². The molecule has 6 heteroatoms. The van der Waals surface area contributed by atoms with Gasteiger partial charge in [0.05, 0.1) is 6.33 Å². The molecule has 6 nitrogen and oxygen atoms in total. The molecule has 2 aromatic heterocycles. The van der Waals surface area contributed by atoms with Crippen molar-refractivity contribution in [1.82, 2.24) is 19.1 Å². The summed E-state index contributed by atoms with van der Waals surface area (Å²) < 4.78 is 9.78. The maximum Gasteiger partial charge on any atom is 0.329 e. The van der Waals surface area contributed by atoms with Gasteiger partial charge in [-0.05, 0) is 0 Å². The number of rotatable bonds is 0. The Morgan fingerprint density at radius 1 is 1.54 bits per heavy atom. The van der Waals surface area contributed by atoms with Crippen molar-refractivity contribution in [3.63, 3.8) is 0 Å². The molecule has 0 fully saturated rings. The molecule has 0 saturated carbocycles. The summed E-state index contributed by atoms with van der Waals surface area (Å²) in [7, 11) is 2.98. The molecule has 0 aliphatic rings. The molecule has 0 bridgehead atoms. The van der Waals surface area contributed by atoms with Gasteiger partial charge in [0.1, 0.15) is 0 Å². The van der Waals surface area contributed by atoms with Gasteiger partial charge < -0.3 is 4.57 Å². The third-order valence-corrected chi connectivity index (χ3v) is 1.91. The van der Waals surface area contributed by atoms with Gasteiger partial charge in [-0.25, -0.2) is 9.78 Å². The molecular weight excluding hydrogens is 172 g/mol. The van der Waals surface area contributed by atoms with Crippen LogP contribution in [0, 0.1) is 0 Å². The van der Waals surface area contributed by atoms with Crippen molar-refractivity contribution in [3.05, 3.63) is 27.2 Å². The number of aromatic nitrogens is 4. The fraction of sp³-hybridized carbons (Fsp3) is 0.286. The van der Waals surface area contributed by atoms with Gasteiger partial charge in [0.2, 0.25) is 0 Å². The van der Waals surface area contributed by atoms with Crippen molar-refractivity contribution in [2.24, 2.45) is 14.1 Å². The quantitative estimate of drug-likeness (QED) is 0.564. The van der Waals surface area contributed by atoms with Crippen LogP contribution < -0.4 is 11.2 Å². The Labute approximate surface area is 73.9 Å². The Morgan fingerprint density at radius 2 is 2.23 bits per heavy atom. The number of aromatic amines is 1. The van der Waals surface area contributed by atoms with Gasteiger partial charge in [0.25, 0.3) is 5.56 Å². The molecule has 0 aliphatic carbocycles. The van der Waals surface area contributed by atoms with Gasteiger partial charge in [-0.3, -0.25) is 14.3 Å². The lowest BCUT2D eigenvalue weighted by Crippen LogP contribution is -2.33. The first-order chi connectivity index (χ1) is 6.54. The second-order valence-corrected chi connectivity index (χ2v) is 2.79. The SMILES string of the molecule is [2H]n1c(=O)n(C)c(=O)c2c1ncn2C. The molecule has 0 saturated heterocycles. The van der Waals surface area contributed by atoms with Crippen LogP contribution in [0.1, 0.15) is 0 Å². The first-order valence-electron chi connectivity index (χ1n) is 4.11. The van der Waals surface area contributed by atoms with E-state index in [0.29, 0.717) is 4.98 Å². The Morgan fingerprint density at radius 3 is 2.92 bits per heavy atom. The molecule has 2 rings (SSSR count). The number of H-pyrrole nitrogens is 1. The van der Waals surface area contributed by atoms with Crippen LogP contribution in [0.2, 0.25) is 1.41 Å². The van der Waals surface area contributed by atoms with Gasteiger partial charge in [-0.2, -0.15) is 0 Å². The molecule has 0 spiro atoms. The molecule has 0 atom stereocenters. The lowest BCUT2D eigenvalue weighted by molar-refractivity contribution is 0.783. The van der Waals surface area contributed by atoms with Crippen LogP contribution in [0.25, 0.3) is 11.2 Å². The van der Waals surface area contributed by atoms with Crippen LogP contribution in [-0.2, 0) is 14.1 Å². The third kappa shape index (κ3) is 0.915. The number of nitrogens with one attached hydrogen (secondary N) is 1. The number of aryl methyl sites for hydroxylation is 1. The van der Waals surface area contributed by atoms with Gasteiger partial charge in [-0.15, -0.1) is 0 Å². The number of imidazole rings is 1. The van der Waals surface area contributed by atoms with Crippen LogP contribution in [0.3, 0.4) is 0 Å². The van der Waals surface area contributed by atoms with E-state index in [0.717, 1.165) is 4.57 Å². The Bertz CT molecular complexity index is 621. The van der Waals surface area contributed by atoms with E-state index in [-0.39, 0.29) is 11.2 Å². The maximum absolute atomic E-state index is 11.6. The monoisotopic (exact) mass is 181 g/mol. The molecule has 0 radical (unpaired) electrons. The van der Waals surface area contributed by atoms with Gasteiger partial charge in [0.15, 0.2) is 12.6 Å². The van der Waals surface area contributed by atoms with E-state index in [1.165, 1.54) is 17.9 Å². The highest BCUT2D eigenvalue weighted by atomic mass is 16.2. The minimum Gasteiger partial charge on any atom is -0.328 e. The lowest BCUT2D eigenvalue weighted by Gasteiger charge is -1.96. The zero-order valence-corrected chi connectivity index (χ0v) is 7.18. The average Bonchev–Trinajstić information content (AvgIpc) is 2.54. The number of hydrogen-bond acceptors (Lipinski definition) is 3. The van der Waals surface area contributed by atoms with Crippen LogP contribution >= 0.6 is 0 Å². The highest BCUT2D eigenvalue weighted by molar-refractivity contribution is 5.68. The Hall–Kier alpha value is -1.85. The zero-order chi connectivity index (χ0) is 10.5. The maximum atomic E-state index is 11.6. The van der Waals surface area contributed by atoms with E-state index < -0.39 is 11.2 Å². The molecule has 0 aliphatic heterocycles. The average molecular weight is 181 g/mol. The Kier molecular flexibility index (Phi) is 1.18. The van der Waals surface area contributed by atoms with Crippen molar-refractivity contribution in [2.45, 2.75) is 0 Å². The summed E-state index contributed by atoms with van der Waals surface area (Å²) in [5.74, 6) is 0. The van der Waals surface area contributed by atoms with Crippen LogP contribution in [0.15, 0.2) is 15.9 Å². The van der Waals surface area contributed by atoms with Gasteiger partial charge >= 0.3 is 5.69 Å². The first kappa shape index (κ1) is 6.64. The van der Waals surface area contributed by atoms with E-state index in [1.54, 1.807) is 7.05 Å². The molecule has 2 heterocycles. The summed E-state index contributed by atoms with van der Waals surface area (Å²) in [6, 6.07) is 0. The largest absolute Gasteiger partial charge is 0.329 e. The summed E-state index contributed by atoms with van der Waals surface area (Å²) in [6.07, 6.45) is 1.40. The van der Waals surface area contributed by atoms with Crippen molar-refractivity contribution >= 4 is 11.2 Å². The molecule has 1 N–H and O–H groups in total. The predicted molar refractivity (Wildman–Crippen MR) is 46.6 cm³/mol.